The number of rotatable bonds is 4. The Morgan fingerprint density at radius 2 is 2.15 bits per heavy atom. The number of nitrogens with two attached hydrogens (primary N) is 1. The summed E-state index contributed by atoms with van der Waals surface area (Å²) < 4.78 is 0. The van der Waals surface area contributed by atoms with Crippen LogP contribution in [0.4, 0.5) is 11.6 Å². The van der Waals surface area contributed by atoms with Gasteiger partial charge in [-0.2, -0.15) is 0 Å². The van der Waals surface area contributed by atoms with Crippen LogP contribution in [0.1, 0.15) is 29.4 Å². The van der Waals surface area contributed by atoms with E-state index in [2.05, 4.69) is 16.9 Å². The van der Waals surface area contributed by atoms with Crippen molar-refractivity contribution in [3.05, 3.63) is 47.8 Å². The third-order valence-corrected chi connectivity index (χ3v) is 2.95. The van der Waals surface area contributed by atoms with Crippen molar-refractivity contribution in [2.75, 3.05) is 17.7 Å². The van der Waals surface area contributed by atoms with Gasteiger partial charge in [-0.15, -0.1) is 0 Å². The summed E-state index contributed by atoms with van der Waals surface area (Å²) in [6.45, 7) is 2.06. The smallest absolute Gasteiger partial charge is 0.259 e. The quantitative estimate of drug-likeness (QED) is 0.925. The van der Waals surface area contributed by atoms with Gasteiger partial charge in [0.25, 0.3) is 5.91 Å². The monoisotopic (exact) mass is 270 g/mol. The Labute approximate surface area is 118 Å². The molecule has 2 N–H and O–H groups in total. The molecule has 2 heterocycles. The van der Waals surface area contributed by atoms with Gasteiger partial charge in [-0.1, -0.05) is 19.4 Å². The van der Waals surface area contributed by atoms with Crippen LogP contribution < -0.4 is 10.6 Å². The molecule has 0 aromatic carbocycles. The average molecular weight is 270 g/mol. The second-order valence-corrected chi connectivity index (χ2v) is 4.57. The zero-order chi connectivity index (χ0) is 14.5. The number of nitrogens with zero attached hydrogens (tertiary/aromatic N) is 3. The van der Waals surface area contributed by atoms with Crippen molar-refractivity contribution in [2.45, 2.75) is 19.8 Å². The minimum absolute atomic E-state index is 0.143. The van der Waals surface area contributed by atoms with Gasteiger partial charge in [-0.3, -0.25) is 9.69 Å². The molecule has 0 bridgehead atoms. The maximum Gasteiger partial charge on any atom is 0.259 e. The lowest BCUT2D eigenvalue weighted by atomic mass is 10.1. The maximum atomic E-state index is 12.5. The molecule has 2 rings (SSSR count). The van der Waals surface area contributed by atoms with Crippen LogP contribution >= 0.6 is 0 Å². The van der Waals surface area contributed by atoms with Crippen LogP contribution in [-0.2, 0) is 6.42 Å². The molecule has 0 spiro atoms. The lowest BCUT2D eigenvalue weighted by Crippen LogP contribution is -2.27. The van der Waals surface area contributed by atoms with E-state index < -0.39 is 0 Å². The van der Waals surface area contributed by atoms with Crippen LogP contribution in [0.15, 0.2) is 36.5 Å². The summed E-state index contributed by atoms with van der Waals surface area (Å²) in [5.41, 5.74) is 7.14. The fraction of sp³-hybridized carbons (Fsp3) is 0.267. The molecule has 20 heavy (non-hydrogen) atoms. The van der Waals surface area contributed by atoms with Gasteiger partial charge < -0.3 is 5.73 Å². The first-order valence-electron chi connectivity index (χ1n) is 6.57. The number of amides is 1. The summed E-state index contributed by atoms with van der Waals surface area (Å²) >= 11 is 0. The molecule has 0 aliphatic carbocycles. The second kappa shape index (κ2) is 6.14. The molecule has 5 heteroatoms. The maximum absolute atomic E-state index is 12.5. The molecule has 0 atom stereocenters. The SMILES string of the molecule is CCCc1cc(C(=O)N(C)c2ccccn2)cc(N)n1. The molecule has 0 unspecified atom stereocenters. The Kier molecular flexibility index (Phi) is 4.30. The fourth-order valence-electron chi connectivity index (χ4n) is 1.97. The van der Waals surface area contributed by atoms with Crippen LogP contribution in [0.25, 0.3) is 0 Å². The van der Waals surface area contributed by atoms with Crippen molar-refractivity contribution in [2.24, 2.45) is 0 Å². The molecular weight excluding hydrogens is 252 g/mol. The summed E-state index contributed by atoms with van der Waals surface area (Å²) in [6, 6.07) is 8.83. The van der Waals surface area contributed by atoms with Crippen LogP contribution in [0, 0.1) is 0 Å². The number of aryl methyl sites for hydroxylation is 1. The molecule has 0 saturated heterocycles. The van der Waals surface area contributed by atoms with Crippen LogP contribution in [0.5, 0.6) is 0 Å². The zero-order valence-corrected chi connectivity index (χ0v) is 11.7. The van der Waals surface area contributed by atoms with Crippen molar-refractivity contribution < 1.29 is 4.79 Å². The van der Waals surface area contributed by atoms with Crippen molar-refractivity contribution in [3.63, 3.8) is 0 Å². The molecule has 2 aromatic heterocycles. The first kappa shape index (κ1) is 14.0. The fourth-order valence-corrected chi connectivity index (χ4v) is 1.97. The normalized spacial score (nSPS) is 10.3. The summed E-state index contributed by atoms with van der Waals surface area (Å²) in [5.74, 6) is 0.828. The summed E-state index contributed by atoms with van der Waals surface area (Å²) in [5, 5.41) is 0. The Bertz CT molecular complexity index is 598. The molecule has 5 nitrogen and oxygen atoms in total. The third-order valence-electron chi connectivity index (χ3n) is 2.95. The van der Waals surface area contributed by atoms with E-state index >= 15 is 0 Å². The van der Waals surface area contributed by atoms with Gasteiger partial charge in [0.15, 0.2) is 0 Å². The van der Waals surface area contributed by atoms with E-state index in [0.29, 0.717) is 17.2 Å². The van der Waals surface area contributed by atoms with E-state index in [1.54, 1.807) is 31.4 Å². The second-order valence-electron chi connectivity index (χ2n) is 4.57. The molecule has 0 radical (unpaired) electrons. The summed E-state index contributed by atoms with van der Waals surface area (Å²) in [4.78, 5) is 22.4. The van der Waals surface area contributed by atoms with Crippen molar-refractivity contribution >= 4 is 17.5 Å². The number of hydrogen-bond acceptors (Lipinski definition) is 4. The minimum Gasteiger partial charge on any atom is -0.384 e. The minimum atomic E-state index is -0.143. The van der Waals surface area contributed by atoms with Gasteiger partial charge in [0.1, 0.15) is 11.6 Å². The van der Waals surface area contributed by atoms with Gasteiger partial charge in [-0.05, 0) is 30.7 Å². The largest absolute Gasteiger partial charge is 0.384 e. The molecule has 104 valence electrons. The molecule has 0 saturated carbocycles. The molecule has 1 amide bonds. The zero-order valence-electron chi connectivity index (χ0n) is 11.7. The number of carbonyl (C=O) groups is 1. The first-order chi connectivity index (χ1) is 9.61. The van der Waals surface area contributed by atoms with E-state index in [4.69, 9.17) is 5.73 Å². The van der Waals surface area contributed by atoms with E-state index in [-0.39, 0.29) is 5.91 Å². The summed E-state index contributed by atoms with van der Waals surface area (Å²) in [7, 11) is 1.70. The Morgan fingerprint density at radius 3 is 2.80 bits per heavy atom. The molecule has 0 aliphatic heterocycles. The van der Waals surface area contributed by atoms with Gasteiger partial charge >= 0.3 is 0 Å². The topological polar surface area (TPSA) is 72.1 Å². The lowest BCUT2D eigenvalue weighted by molar-refractivity contribution is 0.0992. The molecule has 2 aromatic rings. The van der Waals surface area contributed by atoms with E-state index in [9.17, 15) is 4.79 Å². The average Bonchev–Trinajstić information content (AvgIpc) is 2.46. The van der Waals surface area contributed by atoms with Crippen molar-refractivity contribution in [1.82, 2.24) is 9.97 Å². The predicted molar refractivity (Wildman–Crippen MR) is 79.6 cm³/mol. The van der Waals surface area contributed by atoms with E-state index in [0.717, 1.165) is 18.5 Å². The Hall–Kier alpha value is -2.43. The van der Waals surface area contributed by atoms with Gasteiger partial charge in [0.05, 0.1) is 0 Å². The number of hydrogen-bond donors (Lipinski definition) is 1. The van der Waals surface area contributed by atoms with Crippen LogP contribution in [-0.4, -0.2) is 22.9 Å². The number of carbonyl (C=O) groups excluding carboxylic acids is 1. The van der Waals surface area contributed by atoms with E-state index in [1.807, 2.05) is 12.1 Å². The predicted octanol–water partition coefficient (Wildman–Crippen LogP) is 2.29. The van der Waals surface area contributed by atoms with Gasteiger partial charge in [0, 0.05) is 24.5 Å². The number of nitrogen functional groups attached to an aromatic ring is 1. The van der Waals surface area contributed by atoms with Crippen LogP contribution in [0.3, 0.4) is 0 Å². The number of pyridine rings is 2. The molecular formula is C15H18N4O. The first-order valence-corrected chi connectivity index (χ1v) is 6.57. The van der Waals surface area contributed by atoms with Crippen LogP contribution in [0.2, 0.25) is 0 Å². The Morgan fingerprint density at radius 1 is 1.35 bits per heavy atom. The highest BCUT2D eigenvalue weighted by molar-refractivity contribution is 6.05. The highest BCUT2D eigenvalue weighted by atomic mass is 16.2. The standard InChI is InChI=1S/C15H18N4O/c1-3-6-12-9-11(10-13(16)18-12)15(20)19(2)14-7-4-5-8-17-14/h4-5,7-10H,3,6H2,1-2H3,(H2,16,18). The number of anilines is 2. The number of aromatic nitrogens is 2. The Balaban J connectivity index is 2.29. The third kappa shape index (κ3) is 3.12. The highest BCUT2D eigenvalue weighted by Crippen LogP contribution is 2.15. The van der Waals surface area contributed by atoms with Gasteiger partial charge in [-0.25, -0.2) is 9.97 Å². The van der Waals surface area contributed by atoms with Crippen molar-refractivity contribution in [3.8, 4) is 0 Å². The highest BCUT2D eigenvalue weighted by Gasteiger charge is 2.15. The van der Waals surface area contributed by atoms with Gasteiger partial charge in [0.2, 0.25) is 0 Å². The molecule has 0 fully saturated rings. The molecule has 0 aliphatic rings. The lowest BCUT2D eigenvalue weighted by Gasteiger charge is -2.16. The van der Waals surface area contributed by atoms with E-state index in [1.165, 1.54) is 4.90 Å². The summed E-state index contributed by atoms with van der Waals surface area (Å²) in [6.07, 6.45) is 3.42. The van der Waals surface area contributed by atoms with Crippen molar-refractivity contribution in [1.29, 1.82) is 0 Å².